The number of fused-ring (bicyclic) bond motifs is 10. The summed E-state index contributed by atoms with van der Waals surface area (Å²) in [6, 6.07) is 54.3. The Morgan fingerprint density at radius 2 is 0.812 bits per heavy atom. The average Bonchev–Trinajstić information content (AvgIpc) is 3.17. The van der Waals surface area contributed by atoms with Crippen molar-refractivity contribution in [2.24, 2.45) is 0 Å². The van der Waals surface area contributed by atoms with Crippen molar-refractivity contribution in [1.82, 2.24) is 15.0 Å². The molecule has 3 heterocycles. The number of nitrogens with zero attached hydrogens (tertiary/aromatic N) is 3. The summed E-state index contributed by atoms with van der Waals surface area (Å²) in [5, 5.41) is 12.1. The normalized spacial score (nSPS) is 11.8. The zero-order valence-corrected chi connectivity index (χ0v) is 25.9. The maximum atomic E-state index is 5.19. The maximum absolute atomic E-state index is 5.19. The number of rotatable bonds is 3. The van der Waals surface area contributed by atoms with Crippen molar-refractivity contribution in [2.45, 2.75) is 0 Å². The zero-order chi connectivity index (χ0) is 31.6. The van der Waals surface area contributed by atoms with Crippen molar-refractivity contribution in [3.63, 3.8) is 0 Å². The summed E-state index contributed by atoms with van der Waals surface area (Å²) in [6.45, 7) is 0. The van der Waals surface area contributed by atoms with E-state index in [1.54, 1.807) is 0 Å². The molecule has 0 N–H and O–H groups in total. The summed E-state index contributed by atoms with van der Waals surface area (Å²) < 4.78 is 0. The summed E-state index contributed by atoms with van der Waals surface area (Å²) in [6.07, 6.45) is 3.73. The molecule has 0 aliphatic carbocycles. The minimum atomic E-state index is 0.908. The second kappa shape index (κ2) is 10.5. The largest absolute Gasteiger partial charge is 0.264 e. The molecule has 3 aromatic heterocycles. The standard InChI is InChI=1S/C45H27N3/c1-2-7-38-36(5-1)37-6-3-4-8-39(37)41-26-33(17-20-40(38)41)28-9-12-30(13-10-28)42-21-18-31-14-15-32-19-22-43(48-45(32)44(31)47-42)34-16-11-29-23-24-46-27-35(29)25-34/h1-27H. The molecule has 7 aromatic carbocycles. The van der Waals surface area contributed by atoms with Crippen LogP contribution in [0.15, 0.2) is 164 Å². The van der Waals surface area contributed by atoms with Gasteiger partial charge in [-0.3, -0.25) is 4.98 Å². The van der Waals surface area contributed by atoms with E-state index in [1.165, 1.54) is 48.8 Å². The second-order valence-corrected chi connectivity index (χ2v) is 12.5. The lowest BCUT2D eigenvalue weighted by Gasteiger charge is -2.12. The van der Waals surface area contributed by atoms with Gasteiger partial charge in [-0.15, -0.1) is 0 Å². The second-order valence-electron chi connectivity index (χ2n) is 12.5. The van der Waals surface area contributed by atoms with Gasteiger partial charge in [0.05, 0.1) is 22.4 Å². The molecular weight excluding hydrogens is 583 g/mol. The SMILES string of the molecule is c1ccc2c(c1)c1ccccc1c1cc(-c3ccc(-c4ccc5ccc6ccc(-c7ccc8ccncc8c7)nc6c5n4)cc3)ccc21. The lowest BCUT2D eigenvalue weighted by Crippen LogP contribution is -1.91. The van der Waals surface area contributed by atoms with Gasteiger partial charge in [0.15, 0.2) is 0 Å². The summed E-state index contributed by atoms with van der Waals surface area (Å²) in [5.74, 6) is 0. The molecule has 10 aromatic rings. The Bertz CT molecular complexity index is 2850. The molecule has 3 heteroatoms. The highest BCUT2D eigenvalue weighted by Gasteiger charge is 2.12. The van der Waals surface area contributed by atoms with Crippen LogP contribution < -0.4 is 0 Å². The molecule has 0 bridgehead atoms. The van der Waals surface area contributed by atoms with Crippen molar-refractivity contribution in [2.75, 3.05) is 0 Å². The van der Waals surface area contributed by atoms with Crippen molar-refractivity contribution in [1.29, 1.82) is 0 Å². The molecule has 222 valence electrons. The summed E-state index contributed by atoms with van der Waals surface area (Å²) in [7, 11) is 0. The summed E-state index contributed by atoms with van der Waals surface area (Å²) in [4.78, 5) is 14.6. The monoisotopic (exact) mass is 609 g/mol. The van der Waals surface area contributed by atoms with E-state index in [1.807, 2.05) is 18.5 Å². The van der Waals surface area contributed by atoms with Crippen LogP contribution in [0.5, 0.6) is 0 Å². The quantitative estimate of drug-likeness (QED) is 0.187. The number of benzene rings is 7. The molecule has 0 spiro atoms. The first kappa shape index (κ1) is 26.7. The Hall–Kier alpha value is -6.45. The van der Waals surface area contributed by atoms with E-state index >= 15 is 0 Å². The van der Waals surface area contributed by atoms with Gasteiger partial charge in [-0.25, -0.2) is 9.97 Å². The molecule has 10 rings (SSSR count). The van der Waals surface area contributed by atoms with Gasteiger partial charge in [-0.2, -0.15) is 0 Å². The fourth-order valence-corrected chi connectivity index (χ4v) is 7.25. The molecule has 0 saturated carbocycles. The van der Waals surface area contributed by atoms with Crippen molar-refractivity contribution in [3.05, 3.63) is 164 Å². The Kier molecular flexibility index (Phi) is 5.87. The average molecular weight is 610 g/mol. The van der Waals surface area contributed by atoms with Gasteiger partial charge in [0, 0.05) is 39.7 Å². The molecule has 0 fully saturated rings. The van der Waals surface area contributed by atoms with E-state index in [9.17, 15) is 0 Å². The van der Waals surface area contributed by atoms with Crippen LogP contribution in [0.4, 0.5) is 0 Å². The highest BCUT2D eigenvalue weighted by atomic mass is 14.8. The highest BCUT2D eigenvalue weighted by molar-refractivity contribution is 6.25. The first-order valence-electron chi connectivity index (χ1n) is 16.3. The number of hydrogen-bond donors (Lipinski definition) is 0. The van der Waals surface area contributed by atoms with Crippen molar-refractivity contribution < 1.29 is 0 Å². The van der Waals surface area contributed by atoms with E-state index in [0.29, 0.717) is 0 Å². The van der Waals surface area contributed by atoms with E-state index in [4.69, 9.17) is 9.97 Å². The Morgan fingerprint density at radius 1 is 0.312 bits per heavy atom. The number of hydrogen-bond acceptors (Lipinski definition) is 3. The van der Waals surface area contributed by atoms with Gasteiger partial charge in [0.2, 0.25) is 0 Å². The molecule has 0 amide bonds. The Balaban J connectivity index is 1.05. The van der Waals surface area contributed by atoms with E-state index in [0.717, 1.165) is 49.7 Å². The van der Waals surface area contributed by atoms with Gasteiger partial charge in [0.1, 0.15) is 0 Å². The smallest absolute Gasteiger partial charge is 0.0972 e. The van der Waals surface area contributed by atoms with E-state index < -0.39 is 0 Å². The molecule has 0 aliphatic heterocycles. The predicted molar refractivity (Wildman–Crippen MR) is 201 cm³/mol. The highest BCUT2D eigenvalue weighted by Crippen LogP contribution is 2.37. The van der Waals surface area contributed by atoms with Crippen LogP contribution >= 0.6 is 0 Å². The van der Waals surface area contributed by atoms with Crippen LogP contribution in [0.1, 0.15) is 0 Å². The molecule has 0 unspecified atom stereocenters. The molecule has 0 saturated heterocycles. The van der Waals surface area contributed by atoms with Crippen LogP contribution in [0.2, 0.25) is 0 Å². The third-order valence-electron chi connectivity index (χ3n) is 9.71. The van der Waals surface area contributed by atoms with Crippen LogP contribution in [0, 0.1) is 0 Å². The minimum Gasteiger partial charge on any atom is -0.264 e. The van der Waals surface area contributed by atoms with Crippen LogP contribution in [0.25, 0.3) is 98.5 Å². The van der Waals surface area contributed by atoms with Gasteiger partial charge in [-0.1, -0.05) is 121 Å². The van der Waals surface area contributed by atoms with Crippen LogP contribution in [-0.4, -0.2) is 15.0 Å². The van der Waals surface area contributed by atoms with Crippen LogP contribution in [-0.2, 0) is 0 Å². The molecule has 3 nitrogen and oxygen atoms in total. The Labute approximate surface area is 276 Å². The maximum Gasteiger partial charge on any atom is 0.0972 e. The van der Waals surface area contributed by atoms with Gasteiger partial charge in [-0.05, 0) is 79.2 Å². The van der Waals surface area contributed by atoms with Crippen molar-refractivity contribution in [3.8, 4) is 33.6 Å². The summed E-state index contributed by atoms with van der Waals surface area (Å²) >= 11 is 0. The fraction of sp³-hybridized carbons (Fsp3) is 0. The number of aromatic nitrogens is 3. The lowest BCUT2D eigenvalue weighted by atomic mass is 9.92. The third kappa shape index (κ3) is 4.25. The molecule has 0 atom stereocenters. The topological polar surface area (TPSA) is 38.7 Å². The molecule has 48 heavy (non-hydrogen) atoms. The fourth-order valence-electron chi connectivity index (χ4n) is 7.25. The minimum absolute atomic E-state index is 0.908. The lowest BCUT2D eigenvalue weighted by molar-refractivity contribution is 1.35. The van der Waals surface area contributed by atoms with Gasteiger partial charge < -0.3 is 0 Å². The zero-order valence-electron chi connectivity index (χ0n) is 25.9. The predicted octanol–water partition coefficient (Wildman–Crippen LogP) is 11.8. The first-order valence-corrected chi connectivity index (χ1v) is 16.3. The van der Waals surface area contributed by atoms with Crippen LogP contribution in [0.3, 0.4) is 0 Å². The third-order valence-corrected chi connectivity index (χ3v) is 9.71. The number of pyridine rings is 3. The van der Waals surface area contributed by atoms with Gasteiger partial charge >= 0.3 is 0 Å². The molecular formula is C45H27N3. The van der Waals surface area contributed by atoms with E-state index in [2.05, 4.69) is 151 Å². The summed E-state index contributed by atoms with van der Waals surface area (Å²) in [5.41, 5.74) is 8.20. The molecule has 0 radical (unpaired) electrons. The Morgan fingerprint density at radius 3 is 1.48 bits per heavy atom. The molecule has 0 aliphatic rings. The van der Waals surface area contributed by atoms with Gasteiger partial charge in [0.25, 0.3) is 0 Å². The van der Waals surface area contributed by atoms with E-state index in [-0.39, 0.29) is 0 Å². The first-order chi connectivity index (χ1) is 23.8. The van der Waals surface area contributed by atoms with Crippen molar-refractivity contribution >= 4 is 64.9 Å².